The first-order chi connectivity index (χ1) is 8.96. The highest BCUT2D eigenvalue weighted by molar-refractivity contribution is 5.76. The van der Waals surface area contributed by atoms with E-state index in [9.17, 15) is 4.79 Å². The van der Waals surface area contributed by atoms with E-state index in [0.29, 0.717) is 11.8 Å². The zero-order valence-electron chi connectivity index (χ0n) is 12.0. The molecule has 1 aliphatic heterocycles. The molecule has 0 spiro atoms. The van der Waals surface area contributed by atoms with Crippen LogP contribution in [0.5, 0.6) is 0 Å². The van der Waals surface area contributed by atoms with E-state index >= 15 is 0 Å². The Morgan fingerprint density at radius 1 is 1.21 bits per heavy atom. The number of rotatable bonds is 3. The van der Waals surface area contributed by atoms with Gasteiger partial charge in [-0.05, 0) is 42.4 Å². The number of benzene rings is 1. The van der Waals surface area contributed by atoms with Gasteiger partial charge in [0.1, 0.15) is 0 Å². The van der Waals surface area contributed by atoms with Crippen LogP contribution in [0, 0.1) is 5.41 Å². The van der Waals surface area contributed by atoms with Gasteiger partial charge in [-0.15, -0.1) is 0 Å². The van der Waals surface area contributed by atoms with Gasteiger partial charge in [0, 0.05) is 25.2 Å². The van der Waals surface area contributed by atoms with Crippen LogP contribution in [0.4, 0.5) is 5.69 Å². The van der Waals surface area contributed by atoms with Crippen LogP contribution in [0.25, 0.3) is 0 Å². The molecule has 3 heteroatoms. The van der Waals surface area contributed by atoms with Crippen LogP contribution in [0.15, 0.2) is 24.3 Å². The zero-order chi connectivity index (χ0) is 13.9. The molecule has 0 bridgehead atoms. The molecule has 1 aromatic carbocycles. The first-order valence-corrected chi connectivity index (χ1v) is 7.08. The average molecular weight is 260 g/mol. The summed E-state index contributed by atoms with van der Waals surface area (Å²) in [4.78, 5) is 14.2. The van der Waals surface area contributed by atoms with Gasteiger partial charge >= 0.3 is 0 Å². The predicted molar refractivity (Wildman–Crippen MR) is 78.8 cm³/mol. The molecule has 3 nitrogen and oxygen atoms in total. The largest absolute Gasteiger partial charge is 0.399 e. The minimum Gasteiger partial charge on any atom is -0.399 e. The fourth-order valence-electron chi connectivity index (χ4n) is 2.46. The molecule has 2 rings (SSSR count). The lowest BCUT2D eigenvalue weighted by molar-refractivity contribution is -0.133. The summed E-state index contributed by atoms with van der Waals surface area (Å²) in [5.74, 6) is 0.285. The molecule has 2 N–H and O–H groups in total. The third-order valence-electron chi connectivity index (χ3n) is 4.08. The number of anilines is 1. The molecule has 0 aliphatic carbocycles. The number of amides is 1. The van der Waals surface area contributed by atoms with E-state index in [0.717, 1.165) is 38.0 Å². The van der Waals surface area contributed by atoms with E-state index in [-0.39, 0.29) is 5.91 Å². The lowest BCUT2D eigenvalue weighted by Gasteiger charge is -2.37. The van der Waals surface area contributed by atoms with Gasteiger partial charge in [0.25, 0.3) is 0 Å². The summed E-state index contributed by atoms with van der Waals surface area (Å²) in [5, 5.41) is 0. The minimum atomic E-state index is 0.285. The van der Waals surface area contributed by atoms with Crippen LogP contribution in [-0.4, -0.2) is 23.9 Å². The molecule has 0 atom stereocenters. The van der Waals surface area contributed by atoms with Crippen molar-refractivity contribution >= 4 is 11.6 Å². The molecule has 0 aromatic heterocycles. The maximum Gasteiger partial charge on any atom is 0.222 e. The van der Waals surface area contributed by atoms with Crippen molar-refractivity contribution in [2.75, 3.05) is 18.8 Å². The molecule has 19 heavy (non-hydrogen) atoms. The van der Waals surface area contributed by atoms with Gasteiger partial charge in [-0.1, -0.05) is 26.0 Å². The normalized spacial score (nSPS) is 18.3. The summed E-state index contributed by atoms with van der Waals surface area (Å²) >= 11 is 0. The number of aryl methyl sites for hydroxylation is 1. The topological polar surface area (TPSA) is 46.3 Å². The van der Waals surface area contributed by atoms with Gasteiger partial charge in [0.15, 0.2) is 0 Å². The molecule has 1 amide bonds. The van der Waals surface area contributed by atoms with Gasteiger partial charge in [-0.25, -0.2) is 0 Å². The Morgan fingerprint density at radius 3 is 2.37 bits per heavy atom. The summed E-state index contributed by atoms with van der Waals surface area (Å²) in [7, 11) is 0. The minimum absolute atomic E-state index is 0.285. The lowest BCUT2D eigenvalue weighted by atomic mass is 9.82. The van der Waals surface area contributed by atoms with Gasteiger partial charge < -0.3 is 10.6 Å². The van der Waals surface area contributed by atoms with Gasteiger partial charge in [0.05, 0.1) is 0 Å². The summed E-state index contributed by atoms with van der Waals surface area (Å²) in [5.41, 5.74) is 8.00. The molecule has 1 saturated heterocycles. The SMILES string of the molecule is CC1(C)CCN(C(=O)CCc2ccc(N)cc2)CC1. The van der Waals surface area contributed by atoms with E-state index in [2.05, 4.69) is 13.8 Å². The Labute approximate surface area is 115 Å². The number of hydrogen-bond acceptors (Lipinski definition) is 2. The summed E-state index contributed by atoms with van der Waals surface area (Å²) in [6.07, 6.45) is 3.63. The Kier molecular flexibility index (Phi) is 4.13. The number of hydrogen-bond donors (Lipinski definition) is 1. The van der Waals surface area contributed by atoms with Crippen molar-refractivity contribution in [1.29, 1.82) is 0 Å². The quantitative estimate of drug-likeness (QED) is 0.849. The summed E-state index contributed by atoms with van der Waals surface area (Å²) in [6.45, 7) is 6.38. The van der Waals surface area contributed by atoms with Crippen molar-refractivity contribution in [1.82, 2.24) is 4.90 Å². The van der Waals surface area contributed by atoms with E-state index in [1.54, 1.807) is 0 Å². The van der Waals surface area contributed by atoms with Crippen LogP contribution in [0.1, 0.15) is 38.7 Å². The molecule has 0 radical (unpaired) electrons. The van der Waals surface area contributed by atoms with Crippen molar-refractivity contribution in [3.63, 3.8) is 0 Å². The molecule has 1 aliphatic rings. The first-order valence-electron chi connectivity index (χ1n) is 7.08. The second-order valence-electron chi connectivity index (χ2n) is 6.29. The Morgan fingerprint density at radius 2 is 1.79 bits per heavy atom. The molecule has 0 unspecified atom stereocenters. The Bertz CT molecular complexity index is 427. The summed E-state index contributed by atoms with van der Waals surface area (Å²) < 4.78 is 0. The highest BCUT2D eigenvalue weighted by Crippen LogP contribution is 2.29. The van der Waals surface area contributed by atoms with Gasteiger partial charge in [-0.2, -0.15) is 0 Å². The second kappa shape index (κ2) is 5.64. The molecular formula is C16H24N2O. The van der Waals surface area contributed by atoms with Crippen LogP contribution in [0.2, 0.25) is 0 Å². The van der Waals surface area contributed by atoms with Crippen molar-refractivity contribution in [2.24, 2.45) is 5.41 Å². The van der Waals surface area contributed by atoms with Crippen LogP contribution >= 0.6 is 0 Å². The summed E-state index contributed by atoms with van der Waals surface area (Å²) in [6, 6.07) is 7.79. The molecule has 0 saturated carbocycles. The van der Waals surface area contributed by atoms with E-state index < -0.39 is 0 Å². The Balaban J connectivity index is 1.80. The van der Waals surface area contributed by atoms with Crippen molar-refractivity contribution < 1.29 is 4.79 Å². The number of nitrogen functional groups attached to an aromatic ring is 1. The number of carbonyl (C=O) groups is 1. The lowest BCUT2D eigenvalue weighted by Crippen LogP contribution is -2.41. The molecular weight excluding hydrogens is 236 g/mol. The smallest absolute Gasteiger partial charge is 0.222 e. The van der Waals surface area contributed by atoms with Crippen molar-refractivity contribution in [3.8, 4) is 0 Å². The monoisotopic (exact) mass is 260 g/mol. The second-order valence-corrected chi connectivity index (χ2v) is 6.29. The van der Waals surface area contributed by atoms with E-state index in [1.807, 2.05) is 29.2 Å². The third kappa shape index (κ3) is 3.98. The van der Waals surface area contributed by atoms with Crippen molar-refractivity contribution in [3.05, 3.63) is 29.8 Å². The van der Waals surface area contributed by atoms with Crippen molar-refractivity contribution in [2.45, 2.75) is 39.5 Å². The van der Waals surface area contributed by atoms with E-state index in [4.69, 9.17) is 5.73 Å². The molecule has 1 heterocycles. The number of nitrogens with zero attached hydrogens (tertiary/aromatic N) is 1. The molecule has 1 aromatic rings. The third-order valence-corrected chi connectivity index (χ3v) is 4.08. The number of likely N-dealkylation sites (tertiary alicyclic amines) is 1. The average Bonchev–Trinajstić information content (AvgIpc) is 2.37. The zero-order valence-corrected chi connectivity index (χ0v) is 12.0. The maximum atomic E-state index is 12.2. The number of carbonyl (C=O) groups excluding carboxylic acids is 1. The highest BCUT2D eigenvalue weighted by atomic mass is 16.2. The number of piperidine rings is 1. The van der Waals surface area contributed by atoms with Crippen LogP contribution < -0.4 is 5.73 Å². The Hall–Kier alpha value is -1.51. The van der Waals surface area contributed by atoms with Crippen LogP contribution in [0.3, 0.4) is 0 Å². The fraction of sp³-hybridized carbons (Fsp3) is 0.562. The maximum absolute atomic E-state index is 12.2. The van der Waals surface area contributed by atoms with Crippen LogP contribution in [-0.2, 0) is 11.2 Å². The highest BCUT2D eigenvalue weighted by Gasteiger charge is 2.27. The molecule has 1 fully saturated rings. The molecule has 104 valence electrons. The van der Waals surface area contributed by atoms with Gasteiger partial charge in [-0.3, -0.25) is 4.79 Å². The standard InChI is InChI=1S/C16H24N2O/c1-16(2)9-11-18(12-10-16)15(19)8-5-13-3-6-14(17)7-4-13/h3-4,6-7H,5,8-12,17H2,1-2H3. The van der Waals surface area contributed by atoms with Gasteiger partial charge in [0.2, 0.25) is 5.91 Å². The predicted octanol–water partition coefficient (Wildman–Crippen LogP) is 2.85. The first kappa shape index (κ1) is 13.9. The fourth-order valence-corrected chi connectivity index (χ4v) is 2.46. The number of nitrogens with two attached hydrogens (primary N) is 1. The van der Waals surface area contributed by atoms with E-state index in [1.165, 1.54) is 5.56 Å².